The summed E-state index contributed by atoms with van der Waals surface area (Å²) in [6.07, 6.45) is 1.25. The normalized spacial score (nSPS) is 12.9. The van der Waals surface area contributed by atoms with E-state index in [0.717, 1.165) is 0 Å². The largest absolute Gasteiger partial charge is 1.00 e. The van der Waals surface area contributed by atoms with E-state index in [2.05, 4.69) is 0 Å². The molecule has 1 heterocycles. The van der Waals surface area contributed by atoms with Gasteiger partial charge in [0.25, 0.3) is 0 Å². The molecule has 0 aliphatic heterocycles. The number of hydrogen-bond donors (Lipinski definition) is 0. The van der Waals surface area contributed by atoms with Gasteiger partial charge in [-0.3, -0.25) is 0 Å². The molecule has 1 aromatic rings. The Kier molecular flexibility index (Phi) is 5.61. The minimum atomic E-state index is -4.53. The van der Waals surface area contributed by atoms with Crippen molar-refractivity contribution in [2.45, 2.75) is 11.7 Å². The molecule has 0 N–H and O–H groups in total. The van der Waals surface area contributed by atoms with E-state index in [-0.39, 0.29) is 41.7 Å². The minimum absolute atomic E-state index is 0. The number of carbonyl (C=O) groups excluding carboxylic acids is 1. The Morgan fingerprint density at radius 2 is 2.21 bits per heavy atom. The molecule has 0 aromatic carbocycles. The van der Waals surface area contributed by atoms with Gasteiger partial charge < -0.3 is 13.8 Å². The molecule has 0 saturated carbocycles. The molecule has 7 heteroatoms. The Hall–Kier alpha value is -0.140. The summed E-state index contributed by atoms with van der Waals surface area (Å²) in [5, 5.41) is -1.40. The van der Waals surface area contributed by atoms with Gasteiger partial charge in [0.1, 0.15) is 27.4 Å². The topological polar surface area (TPSA) is 87.4 Å². The van der Waals surface area contributed by atoms with Crippen LogP contribution in [0.3, 0.4) is 0 Å². The summed E-state index contributed by atoms with van der Waals surface area (Å²) in [5.74, 6) is 0.00194. The van der Waals surface area contributed by atoms with Crippen LogP contribution in [-0.2, 0) is 14.9 Å². The molecule has 0 spiro atoms. The van der Waals surface area contributed by atoms with Crippen molar-refractivity contribution < 1.29 is 51.7 Å². The van der Waals surface area contributed by atoms with Crippen LogP contribution in [0, 0.1) is 0 Å². The van der Waals surface area contributed by atoms with Crippen molar-refractivity contribution in [3.63, 3.8) is 0 Å². The second-order valence-corrected chi connectivity index (χ2v) is 3.95. The summed E-state index contributed by atoms with van der Waals surface area (Å²) in [6.45, 7) is 0. The van der Waals surface area contributed by atoms with Crippen molar-refractivity contribution in [3.05, 3.63) is 24.2 Å². The first-order chi connectivity index (χ1) is 6.05. The molecule has 1 rings (SSSR count). The van der Waals surface area contributed by atoms with Gasteiger partial charge in [-0.1, -0.05) is 0 Å². The van der Waals surface area contributed by atoms with Crippen LogP contribution >= 0.6 is 0 Å². The first kappa shape index (κ1) is 13.9. The van der Waals surface area contributed by atoms with E-state index in [1.807, 2.05) is 0 Å². The zero-order valence-electron chi connectivity index (χ0n) is 7.54. The van der Waals surface area contributed by atoms with Crippen LogP contribution in [0.5, 0.6) is 0 Å². The van der Waals surface area contributed by atoms with Gasteiger partial charge in [0.05, 0.1) is 6.26 Å². The van der Waals surface area contributed by atoms with E-state index in [1.54, 1.807) is 0 Å². The second-order valence-electron chi connectivity index (χ2n) is 2.40. The third-order valence-corrected chi connectivity index (χ3v) is 2.64. The Morgan fingerprint density at radius 3 is 2.57 bits per heavy atom. The van der Waals surface area contributed by atoms with Crippen LogP contribution < -0.4 is 29.6 Å². The molecule has 0 aliphatic rings. The van der Waals surface area contributed by atoms with Crippen LogP contribution in [0.2, 0.25) is 0 Å². The SMILES string of the molecule is O=CCC(c1ccco1)S(=O)(=O)[O-].[Na+]. The van der Waals surface area contributed by atoms with Crippen molar-refractivity contribution in [2.75, 3.05) is 0 Å². The summed E-state index contributed by atoms with van der Waals surface area (Å²) in [7, 11) is -4.53. The van der Waals surface area contributed by atoms with Crippen LogP contribution in [0.1, 0.15) is 17.4 Å². The molecule has 1 aromatic heterocycles. The summed E-state index contributed by atoms with van der Waals surface area (Å²) in [4.78, 5) is 10.1. The van der Waals surface area contributed by atoms with Gasteiger partial charge in [-0.2, -0.15) is 0 Å². The Labute approximate surface area is 104 Å². The summed E-state index contributed by atoms with van der Waals surface area (Å²) in [5.41, 5.74) is 0. The van der Waals surface area contributed by atoms with Crippen molar-refractivity contribution in [1.82, 2.24) is 0 Å². The molecular weight excluding hydrogens is 219 g/mol. The molecular formula is C7H7NaO5S. The van der Waals surface area contributed by atoms with Crippen molar-refractivity contribution in [2.24, 2.45) is 0 Å². The Bertz CT molecular complexity index is 369. The average Bonchev–Trinajstić information content (AvgIpc) is 2.49. The smallest absolute Gasteiger partial charge is 0.747 e. The fourth-order valence-corrected chi connectivity index (χ4v) is 1.67. The maximum absolute atomic E-state index is 10.6. The van der Waals surface area contributed by atoms with Gasteiger partial charge in [-0.25, -0.2) is 8.42 Å². The maximum atomic E-state index is 10.6. The summed E-state index contributed by atoms with van der Waals surface area (Å²) < 4.78 is 36.7. The number of carbonyl (C=O) groups is 1. The van der Waals surface area contributed by atoms with Gasteiger partial charge >= 0.3 is 29.6 Å². The first-order valence-corrected chi connectivity index (χ1v) is 4.94. The van der Waals surface area contributed by atoms with Crippen molar-refractivity contribution >= 4 is 16.4 Å². The van der Waals surface area contributed by atoms with E-state index in [4.69, 9.17) is 4.42 Å². The molecule has 0 fully saturated rings. The van der Waals surface area contributed by atoms with E-state index < -0.39 is 15.4 Å². The van der Waals surface area contributed by atoms with Crippen LogP contribution in [0.25, 0.3) is 0 Å². The van der Waals surface area contributed by atoms with Crippen LogP contribution in [0.15, 0.2) is 22.8 Å². The van der Waals surface area contributed by atoms with E-state index in [9.17, 15) is 17.8 Å². The molecule has 5 nitrogen and oxygen atoms in total. The van der Waals surface area contributed by atoms with Gasteiger partial charge in [0.2, 0.25) is 0 Å². The average molecular weight is 226 g/mol. The van der Waals surface area contributed by atoms with Crippen molar-refractivity contribution in [1.29, 1.82) is 0 Å². The van der Waals surface area contributed by atoms with Crippen LogP contribution in [0.4, 0.5) is 0 Å². The van der Waals surface area contributed by atoms with Gasteiger partial charge in [0.15, 0.2) is 0 Å². The summed E-state index contributed by atoms with van der Waals surface area (Å²) in [6, 6.07) is 2.81. The van der Waals surface area contributed by atoms with Gasteiger partial charge in [-0.05, 0) is 12.1 Å². The van der Waals surface area contributed by atoms with Crippen molar-refractivity contribution in [3.8, 4) is 0 Å². The van der Waals surface area contributed by atoms with Gasteiger partial charge in [0, 0.05) is 6.42 Å². The fraction of sp³-hybridized carbons (Fsp3) is 0.286. The second kappa shape index (κ2) is 5.67. The van der Waals surface area contributed by atoms with E-state index >= 15 is 0 Å². The zero-order chi connectivity index (χ0) is 9.90. The quantitative estimate of drug-likeness (QED) is 0.320. The Balaban J connectivity index is 0.00000169. The van der Waals surface area contributed by atoms with E-state index in [0.29, 0.717) is 6.29 Å². The molecule has 0 radical (unpaired) electrons. The number of aldehydes is 1. The summed E-state index contributed by atoms with van der Waals surface area (Å²) >= 11 is 0. The molecule has 0 bridgehead atoms. The fourth-order valence-electron chi connectivity index (χ4n) is 0.938. The third-order valence-electron chi connectivity index (χ3n) is 1.52. The molecule has 72 valence electrons. The molecule has 1 atom stereocenters. The maximum Gasteiger partial charge on any atom is 1.00 e. The molecule has 0 saturated heterocycles. The van der Waals surface area contributed by atoms with Gasteiger partial charge in [-0.15, -0.1) is 0 Å². The number of hydrogen-bond acceptors (Lipinski definition) is 5. The Morgan fingerprint density at radius 1 is 1.57 bits per heavy atom. The molecule has 0 amide bonds. The first-order valence-electron chi connectivity index (χ1n) is 3.47. The predicted molar refractivity (Wildman–Crippen MR) is 41.8 cm³/mol. The number of furan rings is 1. The van der Waals surface area contributed by atoms with Crippen LogP contribution in [-0.4, -0.2) is 19.3 Å². The minimum Gasteiger partial charge on any atom is -0.747 e. The molecule has 14 heavy (non-hydrogen) atoms. The number of rotatable bonds is 4. The molecule has 0 aliphatic carbocycles. The van der Waals surface area contributed by atoms with E-state index in [1.165, 1.54) is 18.4 Å². The standard InChI is InChI=1S/C7H8O5S.Na/c8-4-3-7(13(9,10)11)6-2-1-5-12-6;/h1-2,4-5,7H,3H2,(H,9,10,11);/q;+1/p-1. The zero-order valence-corrected chi connectivity index (χ0v) is 10.4. The third kappa shape index (κ3) is 3.55. The molecule has 1 unspecified atom stereocenters. The predicted octanol–water partition coefficient (Wildman–Crippen LogP) is -2.54. The monoisotopic (exact) mass is 226 g/mol.